The highest BCUT2D eigenvalue weighted by molar-refractivity contribution is 6.07. The van der Waals surface area contributed by atoms with Crippen LogP contribution in [-0.2, 0) is 6.42 Å². The lowest BCUT2D eigenvalue weighted by Gasteiger charge is -2.14. The number of allylic oxidation sites excluding steroid dienone is 1. The third-order valence-corrected chi connectivity index (χ3v) is 9.62. The molecule has 5 nitrogen and oxygen atoms in total. The average Bonchev–Trinajstić information content (AvgIpc) is 3.76. The maximum absolute atomic E-state index is 6.49. The first-order valence-electron chi connectivity index (χ1n) is 16.9. The summed E-state index contributed by atoms with van der Waals surface area (Å²) < 4.78 is 12.8. The Bertz CT molecular complexity index is 2740. The Morgan fingerprint density at radius 1 is 0.460 bits per heavy atom. The minimum Gasteiger partial charge on any atom is -0.460 e. The van der Waals surface area contributed by atoms with E-state index < -0.39 is 0 Å². The summed E-state index contributed by atoms with van der Waals surface area (Å²) in [6.07, 6.45) is 6.22. The van der Waals surface area contributed by atoms with Crippen LogP contribution in [0.15, 0.2) is 154 Å². The predicted molar refractivity (Wildman–Crippen MR) is 201 cm³/mol. The van der Waals surface area contributed by atoms with E-state index >= 15 is 0 Å². The van der Waals surface area contributed by atoms with E-state index in [4.69, 9.17) is 23.8 Å². The number of fused-ring (bicyclic) bond motifs is 6. The molecule has 6 aromatic carbocycles. The average molecular weight is 644 g/mol. The van der Waals surface area contributed by atoms with Gasteiger partial charge < -0.3 is 8.83 Å². The lowest BCUT2D eigenvalue weighted by atomic mass is 9.91. The fourth-order valence-corrected chi connectivity index (χ4v) is 7.18. The van der Waals surface area contributed by atoms with Gasteiger partial charge in [0.1, 0.15) is 22.5 Å². The molecule has 3 heterocycles. The predicted octanol–water partition coefficient (Wildman–Crippen LogP) is 11.8. The number of furan rings is 2. The first kappa shape index (κ1) is 28.4. The number of hydrogen-bond acceptors (Lipinski definition) is 5. The molecule has 10 rings (SSSR count). The molecule has 0 amide bonds. The second kappa shape index (κ2) is 11.5. The molecule has 9 aromatic rings. The molecule has 50 heavy (non-hydrogen) atoms. The number of rotatable bonds is 5. The second-order valence-corrected chi connectivity index (χ2v) is 12.7. The molecule has 0 spiro atoms. The van der Waals surface area contributed by atoms with Gasteiger partial charge in [-0.15, -0.1) is 0 Å². The zero-order valence-electron chi connectivity index (χ0n) is 27.0. The Hall–Kier alpha value is -6.59. The molecule has 5 heteroatoms. The standard InChI is InChI=1S/C45H29N3O2/c1-3-11-28(12-4-1)29-19-21-30(22-20-29)33-25-26-39-41(36-16-8-10-18-38(36)49-39)42(33)45-47-43(31-13-5-2-6-14-31)46-44(48-45)32-23-24-35-34-15-7-9-17-37(34)50-40(35)27-32/h1-9,11-17,19-27H,10,18H2. The Morgan fingerprint density at radius 3 is 1.92 bits per heavy atom. The van der Waals surface area contributed by atoms with Gasteiger partial charge in [0.2, 0.25) is 0 Å². The quantitative estimate of drug-likeness (QED) is 0.187. The van der Waals surface area contributed by atoms with Gasteiger partial charge in [-0.05, 0) is 59.0 Å². The van der Waals surface area contributed by atoms with E-state index in [0.717, 1.165) is 90.5 Å². The zero-order valence-corrected chi connectivity index (χ0v) is 27.0. The van der Waals surface area contributed by atoms with Crippen LogP contribution in [0.25, 0.3) is 95.4 Å². The molecule has 0 fully saturated rings. The first-order valence-corrected chi connectivity index (χ1v) is 16.9. The summed E-state index contributed by atoms with van der Waals surface area (Å²) in [5.74, 6) is 2.76. The largest absolute Gasteiger partial charge is 0.460 e. The number of aromatic nitrogens is 3. The molecule has 1 aliphatic carbocycles. The van der Waals surface area contributed by atoms with Gasteiger partial charge >= 0.3 is 0 Å². The van der Waals surface area contributed by atoms with E-state index in [1.807, 2.05) is 60.7 Å². The second-order valence-electron chi connectivity index (χ2n) is 12.7. The summed E-state index contributed by atoms with van der Waals surface area (Å²) in [4.78, 5) is 15.5. The summed E-state index contributed by atoms with van der Waals surface area (Å²) >= 11 is 0. The highest BCUT2D eigenvalue weighted by atomic mass is 16.3. The van der Waals surface area contributed by atoms with Crippen LogP contribution in [0, 0.1) is 0 Å². The van der Waals surface area contributed by atoms with Crippen LogP contribution in [0.4, 0.5) is 0 Å². The highest BCUT2D eigenvalue weighted by Crippen LogP contribution is 2.43. The summed E-state index contributed by atoms with van der Waals surface area (Å²) in [5.41, 5.74) is 10.7. The lowest BCUT2D eigenvalue weighted by molar-refractivity contribution is 0.546. The van der Waals surface area contributed by atoms with Crippen LogP contribution in [0.2, 0.25) is 0 Å². The molecule has 0 N–H and O–H groups in total. The molecule has 3 aromatic heterocycles. The number of para-hydroxylation sites is 1. The van der Waals surface area contributed by atoms with Crippen molar-refractivity contribution in [1.82, 2.24) is 15.0 Å². The SMILES string of the molecule is C1=Cc2c(oc3ccc(-c4ccc(-c5ccccc5)cc4)c(-c4nc(-c5ccccc5)nc(-c5ccc6c(c5)oc5ccccc56)n4)c23)CC1. The minimum absolute atomic E-state index is 0.575. The summed E-state index contributed by atoms with van der Waals surface area (Å²) in [7, 11) is 0. The molecule has 0 unspecified atom stereocenters. The first-order chi connectivity index (χ1) is 24.8. The van der Waals surface area contributed by atoms with Crippen LogP contribution in [-0.4, -0.2) is 15.0 Å². The van der Waals surface area contributed by atoms with Gasteiger partial charge in [0.15, 0.2) is 17.5 Å². The molecule has 0 aliphatic heterocycles. The van der Waals surface area contributed by atoms with Gasteiger partial charge in [-0.1, -0.05) is 121 Å². The molecule has 0 saturated carbocycles. The van der Waals surface area contributed by atoms with Crippen molar-refractivity contribution in [3.8, 4) is 56.4 Å². The molecular formula is C45H29N3O2. The van der Waals surface area contributed by atoms with E-state index in [9.17, 15) is 0 Å². The molecule has 0 bridgehead atoms. The Labute approximate surface area is 288 Å². The topological polar surface area (TPSA) is 65.0 Å². The van der Waals surface area contributed by atoms with E-state index in [0.29, 0.717) is 17.5 Å². The van der Waals surface area contributed by atoms with Gasteiger partial charge in [0.05, 0.1) is 0 Å². The summed E-state index contributed by atoms with van der Waals surface area (Å²) in [6, 6.07) is 47.8. The van der Waals surface area contributed by atoms with Gasteiger partial charge in [0.25, 0.3) is 0 Å². The third kappa shape index (κ3) is 4.74. The van der Waals surface area contributed by atoms with Crippen molar-refractivity contribution < 1.29 is 8.83 Å². The van der Waals surface area contributed by atoms with Gasteiger partial charge in [0, 0.05) is 44.8 Å². The van der Waals surface area contributed by atoms with Crippen LogP contribution in [0.5, 0.6) is 0 Å². The van der Waals surface area contributed by atoms with Crippen LogP contribution in [0.3, 0.4) is 0 Å². The maximum Gasteiger partial charge on any atom is 0.165 e. The fourth-order valence-electron chi connectivity index (χ4n) is 7.18. The van der Waals surface area contributed by atoms with Crippen molar-refractivity contribution in [2.45, 2.75) is 12.8 Å². The van der Waals surface area contributed by atoms with Crippen molar-refractivity contribution in [1.29, 1.82) is 0 Å². The highest BCUT2D eigenvalue weighted by Gasteiger charge is 2.25. The monoisotopic (exact) mass is 643 g/mol. The lowest BCUT2D eigenvalue weighted by Crippen LogP contribution is -2.02. The van der Waals surface area contributed by atoms with Crippen molar-refractivity contribution in [2.24, 2.45) is 0 Å². The Balaban J connectivity index is 1.22. The number of benzene rings is 6. The van der Waals surface area contributed by atoms with E-state index in [1.165, 1.54) is 5.56 Å². The Morgan fingerprint density at radius 2 is 1.10 bits per heavy atom. The zero-order chi connectivity index (χ0) is 33.0. The molecule has 1 aliphatic rings. The fraction of sp³-hybridized carbons (Fsp3) is 0.0444. The number of aryl methyl sites for hydroxylation is 1. The van der Waals surface area contributed by atoms with E-state index in [2.05, 4.69) is 91.0 Å². The van der Waals surface area contributed by atoms with Crippen LogP contribution in [0.1, 0.15) is 17.7 Å². The smallest absolute Gasteiger partial charge is 0.165 e. The molecule has 236 valence electrons. The van der Waals surface area contributed by atoms with Crippen molar-refractivity contribution in [3.63, 3.8) is 0 Å². The van der Waals surface area contributed by atoms with Gasteiger partial charge in [-0.2, -0.15) is 0 Å². The Kier molecular flexibility index (Phi) is 6.56. The summed E-state index contributed by atoms with van der Waals surface area (Å²) in [6.45, 7) is 0. The van der Waals surface area contributed by atoms with Crippen molar-refractivity contribution >= 4 is 39.0 Å². The van der Waals surface area contributed by atoms with E-state index in [-0.39, 0.29) is 0 Å². The molecule has 0 radical (unpaired) electrons. The minimum atomic E-state index is 0.575. The molecule has 0 atom stereocenters. The summed E-state index contributed by atoms with van der Waals surface area (Å²) in [5, 5.41) is 3.16. The van der Waals surface area contributed by atoms with Crippen molar-refractivity contribution in [2.75, 3.05) is 0 Å². The maximum atomic E-state index is 6.49. The molecule has 0 saturated heterocycles. The normalized spacial score (nSPS) is 12.6. The molecular weight excluding hydrogens is 615 g/mol. The van der Waals surface area contributed by atoms with Gasteiger partial charge in [-0.3, -0.25) is 0 Å². The van der Waals surface area contributed by atoms with Gasteiger partial charge in [-0.25, -0.2) is 15.0 Å². The third-order valence-electron chi connectivity index (χ3n) is 9.62. The van der Waals surface area contributed by atoms with Crippen LogP contribution < -0.4 is 0 Å². The number of nitrogens with zero attached hydrogens (tertiary/aromatic N) is 3. The van der Waals surface area contributed by atoms with E-state index in [1.54, 1.807) is 0 Å². The number of hydrogen-bond donors (Lipinski definition) is 0. The van der Waals surface area contributed by atoms with Crippen LogP contribution >= 0.6 is 0 Å². The van der Waals surface area contributed by atoms with Crippen molar-refractivity contribution in [3.05, 3.63) is 157 Å².